The van der Waals surface area contributed by atoms with Crippen LogP contribution in [0.4, 0.5) is 0 Å². The second-order valence-corrected chi connectivity index (χ2v) is 6.68. The molecular weight excluding hydrogens is 296 g/mol. The average Bonchev–Trinajstić information content (AvgIpc) is 2.63. The van der Waals surface area contributed by atoms with Gasteiger partial charge in [-0.05, 0) is 17.5 Å². The van der Waals surface area contributed by atoms with Crippen molar-refractivity contribution in [2.24, 2.45) is 5.92 Å². The maximum atomic E-state index is 12.7. The molecule has 1 amide bonds. The molecule has 2 aromatic rings. The van der Waals surface area contributed by atoms with Crippen LogP contribution in [0.1, 0.15) is 18.1 Å². The first-order valence-corrected chi connectivity index (χ1v) is 8.81. The smallest absolute Gasteiger partial charge is 0.225 e. The fourth-order valence-corrected chi connectivity index (χ4v) is 3.33. The Hall–Kier alpha value is -2.13. The normalized spacial score (nSPS) is 16.8. The van der Waals surface area contributed by atoms with Crippen molar-refractivity contribution in [3.63, 3.8) is 0 Å². The number of nitrogens with zero attached hydrogens (tertiary/aromatic N) is 2. The fourth-order valence-electron chi connectivity index (χ4n) is 3.33. The maximum Gasteiger partial charge on any atom is 0.225 e. The molecule has 0 N–H and O–H groups in total. The number of carbonyl (C=O) groups excluding carboxylic acids is 1. The van der Waals surface area contributed by atoms with Crippen LogP contribution >= 0.6 is 0 Å². The second kappa shape index (κ2) is 8.11. The van der Waals surface area contributed by atoms with E-state index in [1.807, 2.05) is 36.1 Å². The van der Waals surface area contributed by atoms with Crippen LogP contribution in [0.25, 0.3) is 0 Å². The van der Waals surface area contributed by atoms with Crippen LogP contribution in [0.5, 0.6) is 0 Å². The largest absolute Gasteiger partial charge is 0.340 e. The van der Waals surface area contributed by atoms with Crippen molar-refractivity contribution in [3.8, 4) is 0 Å². The summed E-state index contributed by atoms with van der Waals surface area (Å²) in [6.07, 6.45) is 0.823. The van der Waals surface area contributed by atoms with Crippen LogP contribution in [0.3, 0.4) is 0 Å². The van der Waals surface area contributed by atoms with Crippen molar-refractivity contribution >= 4 is 5.91 Å². The lowest BCUT2D eigenvalue weighted by molar-refractivity contribution is -0.136. The highest BCUT2D eigenvalue weighted by molar-refractivity contribution is 5.79. The zero-order chi connectivity index (χ0) is 16.8. The lowest BCUT2D eigenvalue weighted by Crippen LogP contribution is -2.49. The number of piperazine rings is 1. The minimum absolute atomic E-state index is 0.0491. The predicted octanol–water partition coefficient (Wildman–Crippen LogP) is 3.21. The van der Waals surface area contributed by atoms with E-state index in [0.29, 0.717) is 5.91 Å². The first kappa shape index (κ1) is 16.7. The highest BCUT2D eigenvalue weighted by Gasteiger charge is 2.24. The minimum Gasteiger partial charge on any atom is -0.340 e. The second-order valence-electron chi connectivity index (χ2n) is 6.68. The van der Waals surface area contributed by atoms with E-state index in [2.05, 4.69) is 41.3 Å². The van der Waals surface area contributed by atoms with Crippen LogP contribution in [0, 0.1) is 5.92 Å². The molecule has 1 fully saturated rings. The molecule has 24 heavy (non-hydrogen) atoms. The third kappa shape index (κ3) is 4.45. The van der Waals surface area contributed by atoms with Gasteiger partial charge in [0.1, 0.15) is 0 Å². The number of hydrogen-bond acceptors (Lipinski definition) is 2. The van der Waals surface area contributed by atoms with Crippen molar-refractivity contribution in [1.82, 2.24) is 9.80 Å². The minimum atomic E-state index is 0.0491. The summed E-state index contributed by atoms with van der Waals surface area (Å²) in [5, 5.41) is 0. The van der Waals surface area contributed by atoms with Gasteiger partial charge in [0.05, 0.1) is 0 Å². The Balaban J connectivity index is 1.48. The number of carbonyl (C=O) groups is 1. The van der Waals surface area contributed by atoms with Crippen LogP contribution in [0.2, 0.25) is 0 Å². The van der Waals surface area contributed by atoms with Crippen LogP contribution < -0.4 is 0 Å². The fraction of sp³-hybridized carbons (Fsp3) is 0.381. The molecule has 1 aliphatic rings. The molecule has 1 atom stereocenters. The summed E-state index contributed by atoms with van der Waals surface area (Å²) >= 11 is 0. The molecule has 126 valence electrons. The van der Waals surface area contributed by atoms with Gasteiger partial charge in [-0.1, -0.05) is 67.6 Å². The Morgan fingerprint density at radius 2 is 1.42 bits per heavy atom. The lowest BCUT2D eigenvalue weighted by atomic mass is 9.99. The van der Waals surface area contributed by atoms with Crippen molar-refractivity contribution in [2.75, 3.05) is 26.2 Å². The molecule has 3 nitrogen and oxygen atoms in total. The van der Waals surface area contributed by atoms with E-state index < -0.39 is 0 Å². The Kier molecular flexibility index (Phi) is 5.65. The molecule has 0 bridgehead atoms. The molecular formula is C21H26N2O. The van der Waals surface area contributed by atoms with Crippen LogP contribution in [0.15, 0.2) is 60.7 Å². The van der Waals surface area contributed by atoms with Gasteiger partial charge in [-0.3, -0.25) is 9.69 Å². The predicted molar refractivity (Wildman–Crippen MR) is 97.6 cm³/mol. The van der Waals surface area contributed by atoms with Gasteiger partial charge in [0.2, 0.25) is 5.91 Å². The summed E-state index contributed by atoms with van der Waals surface area (Å²) in [4.78, 5) is 17.1. The van der Waals surface area contributed by atoms with E-state index in [1.165, 1.54) is 11.1 Å². The highest BCUT2D eigenvalue weighted by Crippen LogP contribution is 2.14. The summed E-state index contributed by atoms with van der Waals surface area (Å²) < 4.78 is 0. The molecule has 2 aromatic carbocycles. The highest BCUT2D eigenvalue weighted by atomic mass is 16.2. The summed E-state index contributed by atoms with van der Waals surface area (Å²) in [6.45, 7) is 6.61. The van der Waals surface area contributed by atoms with Crippen molar-refractivity contribution in [1.29, 1.82) is 0 Å². The molecule has 0 aliphatic carbocycles. The third-order valence-corrected chi connectivity index (χ3v) is 4.74. The van der Waals surface area contributed by atoms with E-state index in [0.717, 1.165) is 39.1 Å². The summed E-state index contributed by atoms with van der Waals surface area (Å²) in [5.74, 6) is 0.339. The standard InChI is InChI=1S/C21H26N2O/c1-18(16-19-8-4-2-5-9-19)21(24)23-14-12-22(13-15-23)17-20-10-6-3-7-11-20/h2-11,18H,12-17H2,1H3/t18-/m0/s1. The van der Waals surface area contributed by atoms with Gasteiger partial charge < -0.3 is 4.90 Å². The zero-order valence-electron chi connectivity index (χ0n) is 14.4. The van der Waals surface area contributed by atoms with Gasteiger partial charge in [-0.25, -0.2) is 0 Å². The monoisotopic (exact) mass is 322 g/mol. The average molecular weight is 322 g/mol. The molecule has 1 aliphatic heterocycles. The van der Waals surface area contributed by atoms with E-state index in [-0.39, 0.29) is 5.92 Å². The molecule has 3 heteroatoms. The summed E-state index contributed by atoms with van der Waals surface area (Å²) in [5.41, 5.74) is 2.58. The molecule has 0 spiro atoms. The van der Waals surface area contributed by atoms with Gasteiger partial charge >= 0.3 is 0 Å². The van der Waals surface area contributed by atoms with Gasteiger partial charge in [0.25, 0.3) is 0 Å². The summed E-state index contributed by atoms with van der Waals surface area (Å²) in [7, 11) is 0. The van der Waals surface area contributed by atoms with Crippen LogP contribution in [-0.2, 0) is 17.8 Å². The van der Waals surface area contributed by atoms with Crippen molar-refractivity contribution in [2.45, 2.75) is 19.9 Å². The Labute approximate surface area is 144 Å². The molecule has 0 aromatic heterocycles. The number of amides is 1. The van der Waals surface area contributed by atoms with Crippen LogP contribution in [-0.4, -0.2) is 41.9 Å². The molecule has 3 rings (SSSR count). The molecule has 1 heterocycles. The molecule has 1 saturated heterocycles. The lowest BCUT2D eigenvalue weighted by Gasteiger charge is -2.36. The van der Waals surface area contributed by atoms with E-state index in [9.17, 15) is 4.79 Å². The van der Waals surface area contributed by atoms with Gasteiger partial charge in [-0.15, -0.1) is 0 Å². The first-order chi connectivity index (χ1) is 11.7. The quantitative estimate of drug-likeness (QED) is 0.844. The SMILES string of the molecule is C[C@@H](Cc1ccccc1)C(=O)N1CCN(Cc2ccccc2)CC1. The summed E-state index contributed by atoms with van der Waals surface area (Å²) in [6, 6.07) is 20.8. The van der Waals surface area contributed by atoms with Gasteiger partial charge in [-0.2, -0.15) is 0 Å². The van der Waals surface area contributed by atoms with Gasteiger partial charge in [0, 0.05) is 38.6 Å². The van der Waals surface area contributed by atoms with Gasteiger partial charge in [0.15, 0.2) is 0 Å². The van der Waals surface area contributed by atoms with Crippen molar-refractivity contribution < 1.29 is 4.79 Å². The Bertz CT molecular complexity index is 633. The zero-order valence-corrected chi connectivity index (χ0v) is 14.4. The van der Waals surface area contributed by atoms with E-state index in [4.69, 9.17) is 0 Å². The van der Waals surface area contributed by atoms with E-state index >= 15 is 0 Å². The molecule has 0 radical (unpaired) electrons. The van der Waals surface area contributed by atoms with E-state index in [1.54, 1.807) is 0 Å². The molecule has 0 saturated carbocycles. The topological polar surface area (TPSA) is 23.6 Å². The number of rotatable bonds is 5. The van der Waals surface area contributed by atoms with Crippen molar-refractivity contribution in [3.05, 3.63) is 71.8 Å². The third-order valence-electron chi connectivity index (χ3n) is 4.74. The number of hydrogen-bond donors (Lipinski definition) is 0. The maximum absolute atomic E-state index is 12.7. The number of benzene rings is 2. The molecule has 0 unspecified atom stereocenters. The Morgan fingerprint density at radius 3 is 2.00 bits per heavy atom. The Morgan fingerprint density at radius 1 is 0.875 bits per heavy atom. The first-order valence-electron chi connectivity index (χ1n) is 8.81.